The van der Waals surface area contributed by atoms with Gasteiger partial charge < -0.3 is 10.1 Å². The van der Waals surface area contributed by atoms with Crippen LogP contribution in [0.3, 0.4) is 0 Å². The van der Waals surface area contributed by atoms with Gasteiger partial charge in [0.1, 0.15) is 0 Å². The van der Waals surface area contributed by atoms with E-state index in [0.29, 0.717) is 12.3 Å². The van der Waals surface area contributed by atoms with Crippen molar-refractivity contribution in [2.75, 3.05) is 11.9 Å². The zero-order valence-electron chi connectivity index (χ0n) is 16.0. The van der Waals surface area contributed by atoms with Crippen LogP contribution in [-0.2, 0) is 19.1 Å². The number of esters is 1. The molecule has 0 aliphatic rings. The highest BCUT2D eigenvalue weighted by atomic mass is 16.5. The summed E-state index contributed by atoms with van der Waals surface area (Å²) in [6.45, 7) is 9.20. The number of amides is 2. The van der Waals surface area contributed by atoms with Crippen molar-refractivity contribution in [3.8, 4) is 0 Å². The van der Waals surface area contributed by atoms with Crippen LogP contribution in [0, 0.1) is 19.8 Å². The number of nitrogens with one attached hydrogen (secondary N) is 2. The fraction of sp³-hybridized carbons (Fsp3) is 0.474. The van der Waals surface area contributed by atoms with Gasteiger partial charge in [-0.05, 0) is 46.2 Å². The summed E-state index contributed by atoms with van der Waals surface area (Å²) >= 11 is 0. The van der Waals surface area contributed by atoms with Crippen LogP contribution in [0.4, 0.5) is 5.69 Å². The molecule has 26 heavy (non-hydrogen) atoms. The molecule has 7 heteroatoms. The van der Waals surface area contributed by atoms with Gasteiger partial charge in [-0.15, -0.1) is 0 Å². The molecule has 1 aromatic rings. The number of nitrogens with zero attached hydrogens (tertiary/aromatic N) is 1. The van der Waals surface area contributed by atoms with Crippen LogP contribution in [0.25, 0.3) is 0 Å². The summed E-state index contributed by atoms with van der Waals surface area (Å²) < 4.78 is 4.90. The Kier molecular flexibility index (Phi) is 8.48. The summed E-state index contributed by atoms with van der Waals surface area (Å²) in [5, 5.41) is 6.69. The molecule has 0 aromatic heterocycles. The van der Waals surface area contributed by atoms with Crippen LogP contribution in [0.2, 0.25) is 0 Å². The molecule has 0 spiro atoms. The molecule has 0 saturated carbocycles. The molecule has 0 bridgehead atoms. The SMILES string of the molecule is CCOC(=O)[C@@H](C)/C(C)=N\NC(=O)CCC(=O)Nc1ccc(C)cc1C. The van der Waals surface area contributed by atoms with Gasteiger partial charge in [0.2, 0.25) is 11.8 Å². The van der Waals surface area contributed by atoms with Crippen molar-refractivity contribution < 1.29 is 19.1 Å². The number of rotatable bonds is 8. The van der Waals surface area contributed by atoms with Gasteiger partial charge in [-0.1, -0.05) is 17.7 Å². The zero-order valence-corrected chi connectivity index (χ0v) is 16.0. The van der Waals surface area contributed by atoms with Gasteiger partial charge >= 0.3 is 5.97 Å². The molecule has 0 aliphatic carbocycles. The molecule has 142 valence electrons. The maximum absolute atomic E-state index is 12.0. The first-order valence-electron chi connectivity index (χ1n) is 8.61. The third kappa shape index (κ3) is 7.04. The van der Waals surface area contributed by atoms with Crippen LogP contribution < -0.4 is 10.7 Å². The highest BCUT2D eigenvalue weighted by Gasteiger charge is 2.17. The average molecular weight is 361 g/mol. The number of aryl methyl sites for hydroxylation is 2. The van der Waals surface area contributed by atoms with Crippen molar-refractivity contribution in [3.63, 3.8) is 0 Å². The molecule has 1 aromatic carbocycles. The number of hydrogen-bond acceptors (Lipinski definition) is 5. The molecule has 0 saturated heterocycles. The normalized spacial score (nSPS) is 12.3. The topological polar surface area (TPSA) is 96.9 Å². The van der Waals surface area contributed by atoms with Crippen LogP contribution in [-0.4, -0.2) is 30.1 Å². The molecule has 0 aliphatic heterocycles. The molecule has 0 heterocycles. The Labute approximate surface area is 154 Å². The zero-order chi connectivity index (χ0) is 19.7. The second kappa shape index (κ2) is 10.3. The second-order valence-corrected chi connectivity index (χ2v) is 6.13. The molecule has 0 fully saturated rings. The van der Waals surface area contributed by atoms with Crippen LogP contribution in [0.1, 0.15) is 44.7 Å². The van der Waals surface area contributed by atoms with E-state index in [4.69, 9.17) is 4.74 Å². The molecule has 0 unspecified atom stereocenters. The van der Waals surface area contributed by atoms with E-state index in [2.05, 4.69) is 15.8 Å². The van der Waals surface area contributed by atoms with Crippen molar-refractivity contribution in [2.45, 2.75) is 47.5 Å². The number of carbonyl (C=O) groups is 3. The summed E-state index contributed by atoms with van der Waals surface area (Å²) in [5.74, 6) is -1.57. The second-order valence-electron chi connectivity index (χ2n) is 6.13. The smallest absolute Gasteiger partial charge is 0.314 e. The Balaban J connectivity index is 2.44. The van der Waals surface area contributed by atoms with Crippen molar-refractivity contribution in [1.29, 1.82) is 0 Å². The number of carbonyl (C=O) groups excluding carboxylic acids is 3. The fourth-order valence-electron chi connectivity index (χ4n) is 2.13. The lowest BCUT2D eigenvalue weighted by Gasteiger charge is -2.10. The minimum Gasteiger partial charge on any atom is -0.465 e. The van der Waals surface area contributed by atoms with Gasteiger partial charge in [0.25, 0.3) is 0 Å². The minimum absolute atomic E-state index is 0.00130. The van der Waals surface area contributed by atoms with E-state index in [1.807, 2.05) is 32.0 Å². The van der Waals surface area contributed by atoms with Gasteiger partial charge in [-0.3, -0.25) is 14.4 Å². The van der Waals surface area contributed by atoms with E-state index < -0.39 is 17.8 Å². The number of anilines is 1. The Morgan fingerprint density at radius 2 is 1.81 bits per heavy atom. The lowest BCUT2D eigenvalue weighted by molar-refractivity contribution is -0.145. The summed E-state index contributed by atoms with van der Waals surface area (Å²) in [6.07, 6.45) is 0.0441. The molecule has 0 radical (unpaired) electrons. The molecule has 1 rings (SSSR count). The standard InChI is InChI=1S/C19H27N3O4/c1-6-26-19(25)14(4)15(5)21-22-18(24)10-9-17(23)20-16-8-7-12(2)11-13(16)3/h7-8,11,14H,6,9-10H2,1-5H3,(H,20,23)(H,22,24)/b21-15-/t14-/m0/s1. The number of hydrazone groups is 1. The van der Waals surface area contributed by atoms with E-state index >= 15 is 0 Å². The predicted molar refractivity (Wildman–Crippen MR) is 101 cm³/mol. The third-order valence-corrected chi connectivity index (χ3v) is 3.86. The Bertz CT molecular complexity index is 698. The van der Waals surface area contributed by atoms with Crippen molar-refractivity contribution in [3.05, 3.63) is 29.3 Å². The third-order valence-electron chi connectivity index (χ3n) is 3.86. The van der Waals surface area contributed by atoms with Gasteiger partial charge in [0.05, 0.1) is 12.5 Å². The van der Waals surface area contributed by atoms with Gasteiger partial charge in [-0.25, -0.2) is 5.43 Å². The molecule has 2 amide bonds. The van der Waals surface area contributed by atoms with Crippen LogP contribution in [0.5, 0.6) is 0 Å². The summed E-state index contributed by atoms with van der Waals surface area (Å²) in [4.78, 5) is 35.4. The number of hydrogen-bond donors (Lipinski definition) is 2. The highest BCUT2D eigenvalue weighted by molar-refractivity contribution is 6.01. The van der Waals surface area contributed by atoms with E-state index in [9.17, 15) is 14.4 Å². The molecular weight excluding hydrogens is 334 g/mol. The van der Waals surface area contributed by atoms with Crippen molar-refractivity contribution in [1.82, 2.24) is 5.43 Å². The number of ether oxygens (including phenoxy) is 1. The monoisotopic (exact) mass is 361 g/mol. The first kappa shape index (κ1) is 21.3. The molecule has 7 nitrogen and oxygen atoms in total. The molecule has 1 atom stereocenters. The average Bonchev–Trinajstić information content (AvgIpc) is 2.59. The minimum atomic E-state index is -0.539. The van der Waals surface area contributed by atoms with E-state index in [1.54, 1.807) is 20.8 Å². The van der Waals surface area contributed by atoms with Gasteiger partial charge in [0, 0.05) is 24.2 Å². The summed E-state index contributed by atoms with van der Waals surface area (Å²) in [7, 11) is 0. The maximum Gasteiger partial charge on any atom is 0.314 e. The predicted octanol–water partition coefficient (Wildman–Crippen LogP) is 2.71. The van der Waals surface area contributed by atoms with E-state index in [-0.39, 0.29) is 18.7 Å². The fourth-order valence-corrected chi connectivity index (χ4v) is 2.13. The number of benzene rings is 1. The maximum atomic E-state index is 12.0. The lowest BCUT2D eigenvalue weighted by atomic mass is 10.1. The highest BCUT2D eigenvalue weighted by Crippen LogP contribution is 2.16. The van der Waals surface area contributed by atoms with Crippen LogP contribution in [0.15, 0.2) is 23.3 Å². The van der Waals surface area contributed by atoms with E-state index in [1.165, 1.54) is 0 Å². The first-order chi connectivity index (χ1) is 12.2. The Morgan fingerprint density at radius 1 is 1.15 bits per heavy atom. The van der Waals surface area contributed by atoms with Crippen molar-refractivity contribution >= 4 is 29.2 Å². The van der Waals surface area contributed by atoms with Gasteiger partial charge in [-0.2, -0.15) is 5.10 Å². The van der Waals surface area contributed by atoms with Crippen LogP contribution >= 0.6 is 0 Å². The summed E-state index contributed by atoms with van der Waals surface area (Å²) in [6, 6.07) is 5.73. The Hall–Kier alpha value is -2.70. The van der Waals surface area contributed by atoms with Crippen molar-refractivity contribution in [2.24, 2.45) is 11.0 Å². The molecule has 2 N–H and O–H groups in total. The quantitative estimate of drug-likeness (QED) is 0.423. The van der Waals surface area contributed by atoms with E-state index in [0.717, 1.165) is 16.8 Å². The first-order valence-corrected chi connectivity index (χ1v) is 8.61. The lowest BCUT2D eigenvalue weighted by Crippen LogP contribution is -2.26. The molecular formula is C19H27N3O4. The summed E-state index contributed by atoms with van der Waals surface area (Å²) in [5.41, 5.74) is 5.62. The largest absolute Gasteiger partial charge is 0.465 e. The van der Waals surface area contributed by atoms with Gasteiger partial charge in [0.15, 0.2) is 0 Å². The Morgan fingerprint density at radius 3 is 2.42 bits per heavy atom.